The lowest BCUT2D eigenvalue weighted by Gasteiger charge is -2.13. The molecule has 0 aromatic rings. The average Bonchev–Trinajstić information content (AvgIpc) is 2.36. The summed E-state index contributed by atoms with van der Waals surface area (Å²) in [4.78, 5) is 10.8. The molecule has 0 amide bonds. The van der Waals surface area contributed by atoms with Crippen molar-refractivity contribution in [3.05, 3.63) is 0 Å². The molecule has 0 atom stereocenters. The lowest BCUT2D eigenvalue weighted by molar-refractivity contribution is -0.116. The molecule has 12 heavy (non-hydrogen) atoms. The molecule has 5 nitrogen and oxygen atoms in total. The van der Waals surface area contributed by atoms with E-state index in [1.807, 2.05) is 0 Å². The molecule has 1 saturated heterocycles. The van der Waals surface area contributed by atoms with E-state index in [-0.39, 0.29) is 12.3 Å². The fourth-order valence-electron chi connectivity index (χ4n) is 1.08. The Kier molecular flexibility index (Phi) is 2.81. The van der Waals surface area contributed by atoms with Gasteiger partial charge in [-0.15, -0.1) is 0 Å². The minimum Gasteiger partial charge on any atom is -0.298 e. The number of carbonyl (C=O) groups is 1. The van der Waals surface area contributed by atoms with Gasteiger partial charge in [-0.3, -0.25) is 4.79 Å². The molecule has 1 rings (SSSR count). The van der Waals surface area contributed by atoms with Crippen molar-refractivity contribution in [1.29, 1.82) is 0 Å². The van der Waals surface area contributed by atoms with Gasteiger partial charge in [-0.2, -0.15) is 12.7 Å². The Labute approximate surface area is 71.9 Å². The molecular weight excluding hydrogens is 180 g/mol. The molecule has 0 saturated carbocycles. The Balaban J connectivity index is 2.64. The summed E-state index contributed by atoms with van der Waals surface area (Å²) in [5.41, 5.74) is 0. The van der Waals surface area contributed by atoms with Gasteiger partial charge in [0.25, 0.3) is 10.2 Å². The van der Waals surface area contributed by atoms with Gasteiger partial charge in [0.1, 0.15) is 5.78 Å². The van der Waals surface area contributed by atoms with Crippen molar-refractivity contribution in [1.82, 2.24) is 9.03 Å². The monoisotopic (exact) mass is 192 g/mol. The third-order valence-corrected chi connectivity index (χ3v) is 3.30. The third-order valence-electron chi connectivity index (χ3n) is 1.66. The van der Waals surface area contributed by atoms with Crippen molar-refractivity contribution >= 4 is 16.0 Å². The van der Waals surface area contributed by atoms with Crippen LogP contribution in [0.25, 0.3) is 0 Å². The summed E-state index contributed by atoms with van der Waals surface area (Å²) in [5, 5.41) is 0. The van der Waals surface area contributed by atoms with Crippen LogP contribution in [-0.4, -0.2) is 38.1 Å². The second-order valence-corrected chi connectivity index (χ2v) is 4.38. The van der Waals surface area contributed by atoms with Crippen molar-refractivity contribution in [2.75, 3.05) is 19.6 Å². The Hall–Kier alpha value is -0.460. The van der Waals surface area contributed by atoms with Crippen LogP contribution in [0.1, 0.15) is 13.3 Å². The van der Waals surface area contributed by atoms with E-state index in [1.165, 1.54) is 4.31 Å². The van der Waals surface area contributed by atoms with Crippen molar-refractivity contribution in [3.63, 3.8) is 0 Å². The lowest BCUT2D eigenvalue weighted by Crippen LogP contribution is -2.39. The molecule has 0 spiro atoms. The van der Waals surface area contributed by atoms with Crippen LogP contribution in [0.2, 0.25) is 0 Å². The molecule has 0 aliphatic carbocycles. The van der Waals surface area contributed by atoms with E-state index in [1.54, 1.807) is 6.92 Å². The number of nitrogens with zero attached hydrogens (tertiary/aromatic N) is 1. The SMILES string of the molecule is CCNS(=O)(=O)N1CCC(=O)C1. The first-order valence-corrected chi connectivity index (χ1v) is 5.26. The molecule has 6 heteroatoms. The second kappa shape index (κ2) is 3.51. The van der Waals surface area contributed by atoms with E-state index < -0.39 is 10.2 Å². The molecule has 1 aliphatic heterocycles. The van der Waals surface area contributed by atoms with Crippen LogP contribution in [0, 0.1) is 0 Å². The average molecular weight is 192 g/mol. The van der Waals surface area contributed by atoms with Crippen LogP contribution in [0.15, 0.2) is 0 Å². The molecule has 70 valence electrons. The van der Waals surface area contributed by atoms with Gasteiger partial charge >= 0.3 is 0 Å². The predicted molar refractivity (Wildman–Crippen MR) is 43.8 cm³/mol. The number of ketones is 1. The maximum Gasteiger partial charge on any atom is 0.279 e. The van der Waals surface area contributed by atoms with Crippen molar-refractivity contribution in [2.24, 2.45) is 0 Å². The van der Waals surface area contributed by atoms with Gasteiger partial charge in [-0.25, -0.2) is 4.72 Å². The Morgan fingerprint density at radius 3 is 2.67 bits per heavy atom. The third kappa shape index (κ3) is 2.02. The first-order chi connectivity index (χ1) is 5.56. The van der Waals surface area contributed by atoms with Crippen LogP contribution >= 0.6 is 0 Å². The topological polar surface area (TPSA) is 66.5 Å². The highest BCUT2D eigenvalue weighted by Gasteiger charge is 2.28. The summed E-state index contributed by atoms with van der Waals surface area (Å²) in [5.74, 6) is -0.0171. The number of hydrogen-bond acceptors (Lipinski definition) is 3. The maximum absolute atomic E-state index is 11.2. The number of rotatable bonds is 3. The molecule has 0 unspecified atom stereocenters. The van der Waals surface area contributed by atoms with E-state index >= 15 is 0 Å². The molecule has 1 fully saturated rings. The van der Waals surface area contributed by atoms with E-state index in [4.69, 9.17) is 0 Å². The Bertz CT molecular complexity index is 273. The number of nitrogens with one attached hydrogen (secondary N) is 1. The second-order valence-electron chi connectivity index (χ2n) is 2.63. The fraction of sp³-hybridized carbons (Fsp3) is 0.833. The lowest BCUT2D eigenvalue weighted by atomic mass is 10.4. The molecule has 1 N–H and O–H groups in total. The van der Waals surface area contributed by atoms with Crippen molar-refractivity contribution in [3.8, 4) is 0 Å². The van der Waals surface area contributed by atoms with Crippen LogP contribution in [0.4, 0.5) is 0 Å². The summed E-state index contributed by atoms with van der Waals surface area (Å²) >= 11 is 0. The van der Waals surface area contributed by atoms with Gasteiger partial charge in [-0.05, 0) is 0 Å². The van der Waals surface area contributed by atoms with Gasteiger partial charge in [0, 0.05) is 19.5 Å². The Morgan fingerprint density at radius 2 is 2.25 bits per heavy atom. The van der Waals surface area contributed by atoms with Crippen molar-refractivity contribution in [2.45, 2.75) is 13.3 Å². The first kappa shape index (κ1) is 9.63. The summed E-state index contributed by atoms with van der Waals surface area (Å²) in [6.07, 6.45) is 0.338. The first-order valence-electron chi connectivity index (χ1n) is 3.82. The van der Waals surface area contributed by atoms with Gasteiger partial charge in [0.15, 0.2) is 0 Å². The number of Topliss-reactive ketones (excluding diaryl/α,β-unsaturated/α-hetero) is 1. The van der Waals surface area contributed by atoms with E-state index in [0.29, 0.717) is 19.5 Å². The maximum atomic E-state index is 11.2. The highest BCUT2D eigenvalue weighted by molar-refractivity contribution is 7.87. The van der Waals surface area contributed by atoms with Gasteiger partial charge < -0.3 is 0 Å². The Morgan fingerprint density at radius 1 is 1.58 bits per heavy atom. The largest absolute Gasteiger partial charge is 0.298 e. The van der Waals surface area contributed by atoms with Crippen LogP contribution in [-0.2, 0) is 15.0 Å². The highest BCUT2D eigenvalue weighted by Crippen LogP contribution is 2.07. The fourth-order valence-corrected chi connectivity index (χ4v) is 2.28. The predicted octanol–water partition coefficient (Wildman–Crippen LogP) is -0.885. The van der Waals surface area contributed by atoms with Gasteiger partial charge in [0.2, 0.25) is 0 Å². The molecule has 0 aromatic carbocycles. The summed E-state index contributed by atoms with van der Waals surface area (Å²) in [6, 6.07) is 0. The van der Waals surface area contributed by atoms with Crippen LogP contribution in [0.3, 0.4) is 0 Å². The molecule has 0 aromatic heterocycles. The van der Waals surface area contributed by atoms with Crippen LogP contribution in [0.5, 0.6) is 0 Å². The summed E-state index contributed by atoms with van der Waals surface area (Å²) in [6.45, 7) is 2.39. The zero-order valence-corrected chi connectivity index (χ0v) is 7.73. The molecule has 1 heterocycles. The molecule has 1 aliphatic rings. The van der Waals surface area contributed by atoms with E-state index in [0.717, 1.165) is 0 Å². The smallest absolute Gasteiger partial charge is 0.279 e. The summed E-state index contributed by atoms with van der Waals surface area (Å²) in [7, 11) is -3.38. The molecule has 0 radical (unpaired) electrons. The zero-order valence-electron chi connectivity index (χ0n) is 6.91. The summed E-state index contributed by atoms with van der Waals surface area (Å²) < 4.78 is 26.0. The van der Waals surface area contributed by atoms with Gasteiger partial charge in [-0.1, -0.05) is 6.92 Å². The normalized spacial score (nSPS) is 20.2. The minimum absolute atomic E-state index is 0.0171. The standard InChI is InChI=1S/C6H12N2O3S/c1-2-7-12(10,11)8-4-3-6(9)5-8/h7H,2-5H2,1H3. The number of hydrogen-bond donors (Lipinski definition) is 1. The van der Waals surface area contributed by atoms with E-state index in [9.17, 15) is 13.2 Å². The van der Waals surface area contributed by atoms with Gasteiger partial charge in [0.05, 0.1) is 6.54 Å². The minimum atomic E-state index is -3.38. The molecular formula is C6H12N2O3S. The number of carbonyl (C=O) groups excluding carboxylic acids is 1. The van der Waals surface area contributed by atoms with Crippen LogP contribution < -0.4 is 4.72 Å². The highest BCUT2D eigenvalue weighted by atomic mass is 32.2. The zero-order chi connectivity index (χ0) is 9.19. The quantitative estimate of drug-likeness (QED) is 0.631. The van der Waals surface area contributed by atoms with E-state index in [2.05, 4.69) is 4.72 Å². The van der Waals surface area contributed by atoms with Crippen molar-refractivity contribution < 1.29 is 13.2 Å². The molecule has 0 bridgehead atoms.